The number of nitrogens with one attached hydrogen (secondary N) is 3. The average Bonchev–Trinajstić information content (AvgIpc) is 3.01. The summed E-state index contributed by atoms with van der Waals surface area (Å²) in [6.45, 7) is 2.14. The molecular weight excluding hydrogens is 342 g/mol. The van der Waals surface area contributed by atoms with Gasteiger partial charge in [-0.1, -0.05) is 42.8 Å². The van der Waals surface area contributed by atoms with Crippen LogP contribution < -0.4 is 16.4 Å². The highest BCUT2D eigenvalue weighted by atomic mass is 35.5. The van der Waals surface area contributed by atoms with Crippen molar-refractivity contribution in [2.24, 2.45) is 11.7 Å². The third-order valence-corrected chi connectivity index (χ3v) is 4.12. The van der Waals surface area contributed by atoms with Gasteiger partial charge in [0.15, 0.2) is 0 Å². The second-order valence-electron chi connectivity index (χ2n) is 5.80. The number of hydrogen-bond acceptors (Lipinski definition) is 4. The lowest BCUT2D eigenvalue weighted by molar-refractivity contribution is -0.136. The van der Waals surface area contributed by atoms with E-state index in [-0.39, 0.29) is 17.1 Å². The number of halogens is 1. The molecule has 0 saturated heterocycles. The number of H-pyrrole nitrogens is 1. The Morgan fingerprint density at radius 1 is 1.28 bits per heavy atom. The predicted octanol–water partition coefficient (Wildman–Crippen LogP) is 2.02. The number of nitrogens with two attached hydrogens (primary N) is 1. The van der Waals surface area contributed by atoms with Gasteiger partial charge in [-0.3, -0.25) is 14.9 Å². The minimum atomic E-state index is -0.772. The Kier molecular flexibility index (Phi) is 6.55. The quantitative estimate of drug-likeness (QED) is 0.611. The Balaban J connectivity index is 0.00000109. The van der Waals surface area contributed by atoms with E-state index in [1.165, 1.54) is 18.8 Å². The first-order chi connectivity index (χ1) is 12.0. The Morgan fingerprint density at radius 3 is 2.68 bits per heavy atom. The normalized spacial score (nSPS) is 18.4. The topological polar surface area (TPSA) is 113 Å². The molecule has 0 bridgehead atoms. The molecule has 0 spiro atoms. The van der Waals surface area contributed by atoms with Gasteiger partial charge in [-0.2, -0.15) is 0 Å². The van der Waals surface area contributed by atoms with Crippen LogP contribution in [0.25, 0.3) is 0 Å². The van der Waals surface area contributed by atoms with Crippen molar-refractivity contribution in [2.75, 3.05) is 12.4 Å². The summed E-state index contributed by atoms with van der Waals surface area (Å²) < 4.78 is 0. The number of imidazole rings is 1. The first-order valence-electron chi connectivity index (χ1n) is 8.01. The summed E-state index contributed by atoms with van der Waals surface area (Å²) in [6.07, 6.45) is 3.15. The predicted molar refractivity (Wildman–Crippen MR) is 97.1 cm³/mol. The first-order valence-corrected chi connectivity index (χ1v) is 8.38. The van der Waals surface area contributed by atoms with E-state index in [2.05, 4.69) is 39.3 Å². The Bertz CT molecular complexity index is 746. The number of fused-ring (bicyclic) bond motifs is 1. The Labute approximate surface area is 151 Å². The standard InChI is InChI=1S/C16H17ClN4O2.CH5N/c1-9-6-10-4-2-3-5-11(10)12(7-9)19-14(22)15(23)21-16-18-8-13(17)20-16;1-2/h2-5,8-9,12H,6-7H2,1H3,(H,19,22)(H2,18,20,21,23);2H2,1H3. The maximum atomic E-state index is 12.1. The molecule has 0 radical (unpaired) electrons. The summed E-state index contributed by atoms with van der Waals surface area (Å²) in [6, 6.07) is 7.83. The molecule has 25 heavy (non-hydrogen) atoms. The van der Waals surface area contributed by atoms with Crippen LogP contribution in [0.15, 0.2) is 30.5 Å². The number of carbonyl (C=O) groups is 2. The van der Waals surface area contributed by atoms with Gasteiger partial charge in [-0.05, 0) is 36.9 Å². The van der Waals surface area contributed by atoms with E-state index in [1.807, 2.05) is 18.2 Å². The fraction of sp³-hybridized carbons (Fsp3) is 0.353. The molecule has 1 aromatic heterocycles. The van der Waals surface area contributed by atoms with Crippen molar-refractivity contribution < 1.29 is 9.59 Å². The first kappa shape index (κ1) is 19.0. The van der Waals surface area contributed by atoms with Gasteiger partial charge in [-0.25, -0.2) is 4.98 Å². The van der Waals surface area contributed by atoms with Crippen molar-refractivity contribution in [3.05, 3.63) is 46.7 Å². The van der Waals surface area contributed by atoms with Gasteiger partial charge in [0.1, 0.15) is 5.15 Å². The number of rotatable bonds is 2. The maximum absolute atomic E-state index is 12.1. The van der Waals surface area contributed by atoms with Gasteiger partial charge in [0, 0.05) is 0 Å². The molecule has 1 aliphatic carbocycles. The highest BCUT2D eigenvalue weighted by Gasteiger charge is 2.27. The molecule has 2 unspecified atom stereocenters. The fourth-order valence-electron chi connectivity index (χ4n) is 2.94. The number of amides is 2. The molecule has 5 N–H and O–H groups in total. The number of nitrogens with zero attached hydrogens (tertiary/aromatic N) is 1. The summed E-state index contributed by atoms with van der Waals surface area (Å²) in [7, 11) is 1.50. The summed E-state index contributed by atoms with van der Waals surface area (Å²) in [5.74, 6) is -0.868. The minimum Gasteiger partial charge on any atom is -0.341 e. The molecule has 1 aliphatic rings. The van der Waals surface area contributed by atoms with Crippen LogP contribution in [0, 0.1) is 5.92 Å². The van der Waals surface area contributed by atoms with E-state index in [9.17, 15) is 9.59 Å². The van der Waals surface area contributed by atoms with Crippen LogP contribution in [0.4, 0.5) is 5.95 Å². The third-order valence-electron chi connectivity index (χ3n) is 3.93. The zero-order valence-corrected chi connectivity index (χ0v) is 14.9. The molecule has 0 saturated carbocycles. The molecule has 7 nitrogen and oxygen atoms in total. The highest BCUT2D eigenvalue weighted by molar-refractivity contribution is 6.39. The van der Waals surface area contributed by atoms with Gasteiger partial charge < -0.3 is 16.0 Å². The molecule has 1 aromatic carbocycles. The number of anilines is 1. The van der Waals surface area contributed by atoms with Crippen LogP contribution in [0.3, 0.4) is 0 Å². The molecule has 2 atom stereocenters. The molecule has 0 fully saturated rings. The molecule has 134 valence electrons. The van der Waals surface area contributed by atoms with Gasteiger partial charge >= 0.3 is 11.8 Å². The van der Waals surface area contributed by atoms with Crippen molar-refractivity contribution in [3.63, 3.8) is 0 Å². The van der Waals surface area contributed by atoms with Crippen molar-refractivity contribution >= 4 is 29.4 Å². The van der Waals surface area contributed by atoms with Crippen LogP contribution >= 0.6 is 11.6 Å². The zero-order valence-electron chi connectivity index (χ0n) is 14.2. The molecule has 3 rings (SSSR count). The summed E-state index contributed by atoms with van der Waals surface area (Å²) >= 11 is 5.68. The summed E-state index contributed by atoms with van der Waals surface area (Å²) in [4.78, 5) is 30.6. The lowest BCUT2D eigenvalue weighted by Crippen LogP contribution is -2.40. The largest absolute Gasteiger partial charge is 0.341 e. The van der Waals surface area contributed by atoms with Gasteiger partial charge in [0.05, 0.1) is 12.2 Å². The van der Waals surface area contributed by atoms with Crippen LogP contribution in [0.1, 0.15) is 30.5 Å². The van der Waals surface area contributed by atoms with E-state index in [0.29, 0.717) is 5.92 Å². The number of hydrogen-bond donors (Lipinski definition) is 4. The Hall–Kier alpha value is -2.38. The molecule has 2 aromatic rings. The van der Waals surface area contributed by atoms with E-state index in [1.54, 1.807) is 0 Å². The maximum Gasteiger partial charge on any atom is 0.316 e. The minimum absolute atomic E-state index is 0.146. The van der Waals surface area contributed by atoms with Crippen molar-refractivity contribution in [3.8, 4) is 0 Å². The van der Waals surface area contributed by atoms with Gasteiger partial charge in [0.25, 0.3) is 0 Å². The molecule has 1 heterocycles. The highest BCUT2D eigenvalue weighted by Crippen LogP contribution is 2.32. The van der Waals surface area contributed by atoms with Crippen LogP contribution in [-0.2, 0) is 16.0 Å². The van der Waals surface area contributed by atoms with E-state index in [4.69, 9.17) is 11.6 Å². The third kappa shape index (κ3) is 4.80. The Morgan fingerprint density at radius 2 is 2.00 bits per heavy atom. The second-order valence-corrected chi connectivity index (χ2v) is 6.21. The lowest BCUT2D eigenvalue weighted by Gasteiger charge is -2.30. The number of carbonyl (C=O) groups excluding carboxylic acids is 2. The van der Waals surface area contributed by atoms with Crippen LogP contribution in [0.2, 0.25) is 5.15 Å². The lowest BCUT2D eigenvalue weighted by atomic mass is 9.81. The smallest absolute Gasteiger partial charge is 0.316 e. The molecule has 0 aliphatic heterocycles. The van der Waals surface area contributed by atoms with Gasteiger partial charge in [0.2, 0.25) is 5.95 Å². The molecule has 8 heteroatoms. The number of benzene rings is 1. The zero-order chi connectivity index (χ0) is 18.4. The van der Waals surface area contributed by atoms with E-state index in [0.717, 1.165) is 18.4 Å². The van der Waals surface area contributed by atoms with Gasteiger partial charge in [-0.15, -0.1) is 0 Å². The average molecular weight is 364 g/mol. The number of aromatic nitrogens is 2. The summed E-state index contributed by atoms with van der Waals surface area (Å²) in [5.41, 5.74) is 6.79. The monoisotopic (exact) mass is 363 g/mol. The van der Waals surface area contributed by atoms with Crippen molar-refractivity contribution in [2.45, 2.75) is 25.8 Å². The van der Waals surface area contributed by atoms with E-state index >= 15 is 0 Å². The molecule has 2 amide bonds. The van der Waals surface area contributed by atoms with Crippen molar-refractivity contribution in [1.82, 2.24) is 15.3 Å². The SMILES string of the molecule is CC1Cc2ccccc2C(NC(=O)C(=O)Nc2ncc(Cl)[nH]2)C1.CN. The fourth-order valence-corrected chi connectivity index (χ4v) is 3.07. The number of aromatic amines is 1. The van der Waals surface area contributed by atoms with Crippen molar-refractivity contribution in [1.29, 1.82) is 0 Å². The van der Waals surface area contributed by atoms with Crippen LogP contribution in [0.5, 0.6) is 0 Å². The second kappa shape index (κ2) is 8.64. The summed E-state index contributed by atoms with van der Waals surface area (Å²) in [5, 5.41) is 5.48. The van der Waals surface area contributed by atoms with Crippen LogP contribution in [-0.4, -0.2) is 28.8 Å². The van der Waals surface area contributed by atoms with E-state index < -0.39 is 11.8 Å². The molecular formula is C17H22ClN5O2.